The molecule has 8 nitrogen and oxygen atoms in total. The van der Waals surface area contributed by atoms with E-state index >= 15 is 0 Å². The lowest BCUT2D eigenvalue weighted by molar-refractivity contribution is 0.397. The third-order valence-electron chi connectivity index (χ3n) is 6.79. The van der Waals surface area contributed by atoms with Crippen LogP contribution in [-0.2, 0) is 0 Å². The standard InChI is InChI=1S/C27H29ClFN7O/c1-15-9-25(37-2)32-12-20(15)16-10-24-26(34-19-6-4-18(30)5-7-19)21(13-33-36(24)14-16)27(31)35-23-11-17(29)3-8-22(23)28/h3,8-14,18-19,34H,4-7,30H2,1-2H3,(H2,31,35). The predicted molar refractivity (Wildman–Crippen MR) is 145 cm³/mol. The van der Waals surface area contributed by atoms with Gasteiger partial charge in [0.2, 0.25) is 5.88 Å². The number of nitrogens with one attached hydrogen (secondary N) is 1. The van der Waals surface area contributed by atoms with Gasteiger partial charge in [-0.2, -0.15) is 5.10 Å². The van der Waals surface area contributed by atoms with Crippen LogP contribution in [-0.4, -0.2) is 39.6 Å². The van der Waals surface area contributed by atoms with Crippen molar-refractivity contribution in [2.24, 2.45) is 16.5 Å². The molecule has 0 amide bonds. The molecule has 1 aliphatic carbocycles. The summed E-state index contributed by atoms with van der Waals surface area (Å²) in [4.78, 5) is 8.82. The average molecular weight is 522 g/mol. The summed E-state index contributed by atoms with van der Waals surface area (Å²) in [6.07, 6.45) is 9.18. The van der Waals surface area contributed by atoms with Crippen LogP contribution in [0, 0.1) is 12.7 Å². The van der Waals surface area contributed by atoms with E-state index in [4.69, 9.17) is 27.8 Å². The fourth-order valence-corrected chi connectivity index (χ4v) is 4.88. The Kier molecular flexibility index (Phi) is 6.99. The molecule has 3 heterocycles. The van der Waals surface area contributed by atoms with Crippen molar-refractivity contribution in [3.8, 4) is 17.0 Å². The molecule has 4 aromatic rings. The first kappa shape index (κ1) is 25.0. The number of nitrogens with zero attached hydrogens (tertiary/aromatic N) is 4. The average Bonchev–Trinajstić information content (AvgIpc) is 3.32. The van der Waals surface area contributed by atoms with Crippen molar-refractivity contribution in [1.29, 1.82) is 0 Å². The number of halogens is 2. The summed E-state index contributed by atoms with van der Waals surface area (Å²) in [5.41, 5.74) is 18.1. The maximum atomic E-state index is 13.9. The van der Waals surface area contributed by atoms with Crippen molar-refractivity contribution in [2.45, 2.75) is 44.7 Å². The van der Waals surface area contributed by atoms with Gasteiger partial charge < -0.3 is 21.5 Å². The summed E-state index contributed by atoms with van der Waals surface area (Å²) in [6.45, 7) is 2.01. The second kappa shape index (κ2) is 10.4. The van der Waals surface area contributed by atoms with Crippen LogP contribution in [0.25, 0.3) is 16.6 Å². The number of ether oxygens (including phenoxy) is 1. The molecule has 1 fully saturated rings. The highest BCUT2D eigenvalue weighted by atomic mass is 35.5. The van der Waals surface area contributed by atoms with Crippen LogP contribution < -0.4 is 21.5 Å². The van der Waals surface area contributed by atoms with E-state index in [1.54, 1.807) is 19.5 Å². The zero-order valence-electron chi connectivity index (χ0n) is 20.7. The van der Waals surface area contributed by atoms with E-state index in [1.807, 2.05) is 29.8 Å². The lowest BCUT2D eigenvalue weighted by Gasteiger charge is -2.28. The number of methoxy groups -OCH3 is 1. The van der Waals surface area contributed by atoms with Crippen molar-refractivity contribution in [3.05, 3.63) is 70.9 Å². The largest absolute Gasteiger partial charge is 0.481 e. The number of hydrogen-bond acceptors (Lipinski definition) is 6. The van der Waals surface area contributed by atoms with E-state index in [1.165, 1.54) is 18.2 Å². The van der Waals surface area contributed by atoms with E-state index in [2.05, 4.69) is 20.4 Å². The number of amidine groups is 1. The normalized spacial score (nSPS) is 18.2. The monoisotopic (exact) mass is 521 g/mol. The second-order valence-corrected chi connectivity index (χ2v) is 9.79. The minimum absolute atomic E-state index is 0.183. The lowest BCUT2D eigenvalue weighted by atomic mass is 9.91. The Morgan fingerprint density at radius 1 is 1.19 bits per heavy atom. The van der Waals surface area contributed by atoms with Gasteiger partial charge in [0.25, 0.3) is 0 Å². The van der Waals surface area contributed by atoms with Gasteiger partial charge in [-0.25, -0.2) is 18.9 Å². The van der Waals surface area contributed by atoms with Crippen LogP contribution in [0.15, 0.2) is 53.9 Å². The SMILES string of the molecule is COc1cc(C)c(-c2cc3c(NC4CCC(N)CC4)c(C(N)=Nc4cc(F)ccc4Cl)cnn3c2)cn1. The zero-order chi connectivity index (χ0) is 26.1. The molecule has 0 radical (unpaired) electrons. The molecule has 10 heteroatoms. The lowest BCUT2D eigenvalue weighted by Crippen LogP contribution is -2.33. The summed E-state index contributed by atoms with van der Waals surface area (Å²) in [5.74, 6) is 0.298. The first-order chi connectivity index (χ1) is 17.8. The van der Waals surface area contributed by atoms with Crippen LogP contribution in [0.3, 0.4) is 0 Å². The molecular weight excluding hydrogens is 493 g/mol. The maximum Gasteiger partial charge on any atom is 0.213 e. The number of anilines is 1. The van der Waals surface area contributed by atoms with Gasteiger partial charge >= 0.3 is 0 Å². The molecule has 1 aliphatic rings. The van der Waals surface area contributed by atoms with E-state index in [9.17, 15) is 4.39 Å². The molecule has 0 aliphatic heterocycles. The Labute approximate surface area is 219 Å². The minimum atomic E-state index is -0.443. The highest BCUT2D eigenvalue weighted by molar-refractivity contribution is 6.33. The summed E-state index contributed by atoms with van der Waals surface area (Å²) in [6, 6.07) is 8.38. The summed E-state index contributed by atoms with van der Waals surface area (Å²) >= 11 is 6.25. The van der Waals surface area contributed by atoms with Crippen LogP contribution in [0.1, 0.15) is 36.8 Å². The predicted octanol–water partition coefficient (Wildman–Crippen LogP) is 5.22. The number of aliphatic imine (C=N–C) groups is 1. The van der Waals surface area contributed by atoms with Gasteiger partial charge in [0.05, 0.1) is 40.8 Å². The van der Waals surface area contributed by atoms with Crippen molar-refractivity contribution in [3.63, 3.8) is 0 Å². The van der Waals surface area contributed by atoms with Crippen LogP contribution >= 0.6 is 11.6 Å². The molecule has 1 aromatic carbocycles. The number of hydrogen-bond donors (Lipinski definition) is 3. The molecule has 37 heavy (non-hydrogen) atoms. The molecule has 192 valence electrons. The Bertz CT molecular complexity index is 1480. The number of rotatable bonds is 6. The number of aryl methyl sites for hydroxylation is 1. The molecule has 1 saturated carbocycles. The molecule has 0 spiro atoms. The molecule has 3 aromatic heterocycles. The Morgan fingerprint density at radius 3 is 2.70 bits per heavy atom. The highest BCUT2D eigenvalue weighted by Crippen LogP contribution is 2.33. The fourth-order valence-electron chi connectivity index (χ4n) is 4.72. The number of benzene rings is 1. The van der Waals surface area contributed by atoms with Crippen molar-refractivity contribution < 1.29 is 9.13 Å². The van der Waals surface area contributed by atoms with Crippen molar-refractivity contribution in [1.82, 2.24) is 14.6 Å². The molecule has 0 bridgehead atoms. The van der Waals surface area contributed by atoms with Crippen LogP contribution in [0.2, 0.25) is 5.02 Å². The molecule has 0 atom stereocenters. The van der Waals surface area contributed by atoms with E-state index < -0.39 is 5.82 Å². The summed E-state index contributed by atoms with van der Waals surface area (Å²) in [7, 11) is 1.60. The van der Waals surface area contributed by atoms with Gasteiger partial charge in [0, 0.05) is 47.7 Å². The topological polar surface area (TPSA) is 116 Å². The third kappa shape index (κ3) is 5.23. The highest BCUT2D eigenvalue weighted by Gasteiger charge is 2.22. The third-order valence-corrected chi connectivity index (χ3v) is 7.11. The second-order valence-electron chi connectivity index (χ2n) is 9.38. The van der Waals surface area contributed by atoms with Gasteiger partial charge in [-0.05, 0) is 56.4 Å². The number of aromatic nitrogens is 3. The van der Waals surface area contributed by atoms with Gasteiger partial charge in [-0.1, -0.05) is 11.6 Å². The van der Waals surface area contributed by atoms with E-state index in [0.717, 1.165) is 53.6 Å². The molecule has 5 rings (SSSR count). The van der Waals surface area contributed by atoms with Gasteiger partial charge in [-0.15, -0.1) is 0 Å². The fraction of sp³-hybridized carbons (Fsp3) is 0.296. The van der Waals surface area contributed by atoms with Gasteiger partial charge in [-0.3, -0.25) is 0 Å². The van der Waals surface area contributed by atoms with E-state index in [-0.39, 0.29) is 23.6 Å². The van der Waals surface area contributed by atoms with Crippen LogP contribution in [0.4, 0.5) is 15.8 Å². The molecule has 0 saturated heterocycles. The Balaban J connectivity index is 1.62. The minimum Gasteiger partial charge on any atom is -0.481 e. The van der Waals surface area contributed by atoms with Crippen LogP contribution in [0.5, 0.6) is 5.88 Å². The first-order valence-electron chi connectivity index (χ1n) is 12.2. The molecule has 5 N–H and O–H groups in total. The number of nitrogens with two attached hydrogens (primary N) is 2. The molecule has 0 unspecified atom stereocenters. The van der Waals surface area contributed by atoms with Crippen molar-refractivity contribution >= 4 is 34.3 Å². The summed E-state index contributed by atoms with van der Waals surface area (Å²) < 4.78 is 20.9. The number of fused-ring (bicyclic) bond motifs is 1. The van der Waals surface area contributed by atoms with Crippen molar-refractivity contribution in [2.75, 3.05) is 12.4 Å². The summed E-state index contributed by atoms with van der Waals surface area (Å²) in [5, 5.41) is 8.59. The molecular formula is C27H29ClFN7O. The van der Waals surface area contributed by atoms with Gasteiger partial charge in [0.1, 0.15) is 11.7 Å². The Morgan fingerprint density at radius 2 is 1.97 bits per heavy atom. The van der Waals surface area contributed by atoms with Gasteiger partial charge in [0.15, 0.2) is 0 Å². The quantitative estimate of drug-likeness (QED) is 0.236. The van der Waals surface area contributed by atoms with E-state index in [0.29, 0.717) is 16.5 Å². The Hall–Kier alpha value is -3.69. The smallest absolute Gasteiger partial charge is 0.213 e. The first-order valence-corrected chi connectivity index (χ1v) is 12.5. The number of pyridine rings is 1. The maximum absolute atomic E-state index is 13.9. The zero-order valence-corrected chi connectivity index (χ0v) is 21.5.